The molecule has 1 atom stereocenters. The van der Waals surface area contributed by atoms with Gasteiger partial charge in [0.2, 0.25) is 11.8 Å². The topological polar surface area (TPSA) is 71.3 Å². The van der Waals surface area contributed by atoms with Crippen LogP contribution in [0.25, 0.3) is 11.0 Å². The van der Waals surface area contributed by atoms with Gasteiger partial charge in [-0.15, -0.1) is 0 Å². The summed E-state index contributed by atoms with van der Waals surface area (Å²) in [5, 5.41) is 6.79. The van der Waals surface area contributed by atoms with Crippen molar-refractivity contribution in [3.8, 4) is 0 Å². The molecule has 1 aliphatic rings. The summed E-state index contributed by atoms with van der Waals surface area (Å²) in [6, 6.07) is 17.3. The van der Waals surface area contributed by atoms with E-state index in [1.165, 1.54) is 0 Å². The highest BCUT2D eigenvalue weighted by Gasteiger charge is 2.30. The molecule has 0 fully saturated rings. The van der Waals surface area contributed by atoms with Gasteiger partial charge in [-0.1, -0.05) is 36.4 Å². The van der Waals surface area contributed by atoms with E-state index in [1.54, 1.807) is 0 Å². The second kappa shape index (κ2) is 6.43. The maximum Gasteiger partial charge on any atom is 0.228 e. The summed E-state index contributed by atoms with van der Waals surface area (Å²) in [6.07, 6.45) is 0.786. The van der Waals surface area contributed by atoms with Crippen LogP contribution in [0.15, 0.2) is 59.0 Å². The Bertz CT molecular complexity index is 912. The summed E-state index contributed by atoms with van der Waals surface area (Å²) in [5.41, 5.74) is 2.43. The maximum absolute atomic E-state index is 12.5. The lowest BCUT2D eigenvalue weighted by molar-refractivity contribution is -0.126. The standard InChI is InChI=1S/C20H18N2O3/c23-19-12-16(15-6-2-3-7-17(15)22-19)20(24)21-10-9-14-11-13-5-1-4-8-18(13)25-14/h1-8,11,16H,9-10,12H2,(H,21,24)(H,22,23). The minimum absolute atomic E-state index is 0.126. The third kappa shape index (κ3) is 3.13. The maximum atomic E-state index is 12.5. The van der Waals surface area contributed by atoms with Crippen LogP contribution in [0, 0.1) is 0 Å². The number of furan rings is 1. The van der Waals surface area contributed by atoms with Crippen LogP contribution in [0.2, 0.25) is 0 Å². The average molecular weight is 334 g/mol. The predicted octanol–water partition coefficient (Wildman–Crippen LogP) is 3.22. The lowest BCUT2D eigenvalue weighted by Gasteiger charge is -2.24. The highest BCUT2D eigenvalue weighted by atomic mass is 16.3. The molecule has 5 heteroatoms. The molecule has 0 saturated heterocycles. The van der Waals surface area contributed by atoms with Gasteiger partial charge >= 0.3 is 0 Å². The van der Waals surface area contributed by atoms with Crippen molar-refractivity contribution in [2.24, 2.45) is 0 Å². The smallest absolute Gasteiger partial charge is 0.228 e. The number of fused-ring (bicyclic) bond motifs is 2. The van der Waals surface area contributed by atoms with Crippen molar-refractivity contribution in [1.82, 2.24) is 5.32 Å². The number of carbonyl (C=O) groups is 2. The molecule has 1 aliphatic heterocycles. The molecular formula is C20H18N2O3. The number of rotatable bonds is 4. The normalized spacial score (nSPS) is 16.3. The number of para-hydroxylation sites is 2. The molecule has 2 amide bonds. The van der Waals surface area contributed by atoms with Gasteiger partial charge in [-0.05, 0) is 23.8 Å². The fourth-order valence-electron chi connectivity index (χ4n) is 3.24. The van der Waals surface area contributed by atoms with Gasteiger partial charge in [0.25, 0.3) is 0 Å². The summed E-state index contributed by atoms with van der Waals surface area (Å²) in [4.78, 5) is 24.4. The first-order valence-electron chi connectivity index (χ1n) is 8.34. The van der Waals surface area contributed by atoms with Gasteiger partial charge in [0, 0.05) is 30.5 Å². The Hall–Kier alpha value is -3.08. The summed E-state index contributed by atoms with van der Waals surface area (Å²) < 4.78 is 5.75. The second-order valence-corrected chi connectivity index (χ2v) is 6.18. The van der Waals surface area contributed by atoms with Crippen LogP contribution >= 0.6 is 0 Å². The number of benzene rings is 2. The van der Waals surface area contributed by atoms with Crippen LogP contribution in [-0.2, 0) is 16.0 Å². The minimum Gasteiger partial charge on any atom is -0.461 e. The first-order valence-corrected chi connectivity index (χ1v) is 8.34. The van der Waals surface area contributed by atoms with E-state index in [4.69, 9.17) is 4.42 Å². The van der Waals surface area contributed by atoms with Crippen LogP contribution in [0.5, 0.6) is 0 Å². The number of hydrogen-bond donors (Lipinski definition) is 2. The molecule has 0 saturated carbocycles. The van der Waals surface area contributed by atoms with Crippen LogP contribution in [0.1, 0.15) is 23.7 Å². The van der Waals surface area contributed by atoms with E-state index in [2.05, 4.69) is 10.6 Å². The fraction of sp³-hybridized carbons (Fsp3) is 0.200. The van der Waals surface area contributed by atoms with E-state index in [0.29, 0.717) is 13.0 Å². The van der Waals surface area contributed by atoms with Crippen LogP contribution in [0.4, 0.5) is 5.69 Å². The number of hydrogen-bond acceptors (Lipinski definition) is 3. The molecule has 0 bridgehead atoms. The minimum atomic E-state index is -0.444. The van der Waals surface area contributed by atoms with Crippen LogP contribution in [0.3, 0.4) is 0 Å². The number of amides is 2. The Labute approximate surface area is 145 Å². The molecule has 2 aromatic carbocycles. The van der Waals surface area contributed by atoms with E-state index >= 15 is 0 Å². The first kappa shape index (κ1) is 15.4. The van der Waals surface area contributed by atoms with Crippen molar-refractivity contribution < 1.29 is 14.0 Å². The van der Waals surface area contributed by atoms with Gasteiger partial charge in [0.1, 0.15) is 11.3 Å². The largest absolute Gasteiger partial charge is 0.461 e. The molecule has 1 aromatic heterocycles. The van der Waals surface area contributed by atoms with E-state index in [-0.39, 0.29) is 18.2 Å². The van der Waals surface area contributed by atoms with Gasteiger partial charge in [0.15, 0.2) is 0 Å². The lowest BCUT2D eigenvalue weighted by Crippen LogP contribution is -2.35. The molecule has 2 heterocycles. The highest BCUT2D eigenvalue weighted by Crippen LogP contribution is 2.32. The van der Waals surface area contributed by atoms with Gasteiger partial charge in [-0.25, -0.2) is 0 Å². The molecule has 1 unspecified atom stereocenters. The first-order chi connectivity index (χ1) is 12.2. The van der Waals surface area contributed by atoms with Gasteiger partial charge < -0.3 is 15.1 Å². The monoisotopic (exact) mass is 334 g/mol. The predicted molar refractivity (Wildman–Crippen MR) is 95.4 cm³/mol. The third-order valence-electron chi connectivity index (χ3n) is 4.46. The van der Waals surface area contributed by atoms with Crippen molar-refractivity contribution in [3.63, 3.8) is 0 Å². The molecular weight excluding hydrogens is 316 g/mol. The van der Waals surface area contributed by atoms with E-state index in [0.717, 1.165) is 28.0 Å². The molecule has 0 radical (unpaired) electrons. The van der Waals surface area contributed by atoms with Crippen molar-refractivity contribution in [2.45, 2.75) is 18.8 Å². The molecule has 4 rings (SSSR count). The van der Waals surface area contributed by atoms with Gasteiger partial charge in [-0.2, -0.15) is 0 Å². The Morgan fingerprint density at radius 2 is 1.96 bits per heavy atom. The molecule has 3 aromatic rings. The van der Waals surface area contributed by atoms with E-state index in [1.807, 2.05) is 54.6 Å². The zero-order valence-corrected chi connectivity index (χ0v) is 13.6. The Balaban J connectivity index is 1.41. The molecule has 25 heavy (non-hydrogen) atoms. The fourth-order valence-corrected chi connectivity index (χ4v) is 3.24. The van der Waals surface area contributed by atoms with E-state index < -0.39 is 5.92 Å². The van der Waals surface area contributed by atoms with Crippen molar-refractivity contribution in [2.75, 3.05) is 11.9 Å². The summed E-state index contributed by atoms with van der Waals surface area (Å²) in [6.45, 7) is 0.471. The second-order valence-electron chi connectivity index (χ2n) is 6.18. The quantitative estimate of drug-likeness (QED) is 0.769. The SMILES string of the molecule is O=C1CC(C(=O)NCCc2cc3ccccc3o2)c2ccccc2N1. The molecule has 0 spiro atoms. The Morgan fingerprint density at radius 3 is 2.84 bits per heavy atom. The van der Waals surface area contributed by atoms with Gasteiger partial charge in [-0.3, -0.25) is 9.59 Å². The zero-order valence-electron chi connectivity index (χ0n) is 13.6. The molecule has 126 valence electrons. The van der Waals surface area contributed by atoms with Gasteiger partial charge in [0.05, 0.1) is 5.92 Å². The highest BCUT2D eigenvalue weighted by molar-refractivity contribution is 6.01. The van der Waals surface area contributed by atoms with Crippen molar-refractivity contribution in [3.05, 3.63) is 65.9 Å². The van der Waals surface area contributed by atoms with Crippen molar-refractivity contribution >= 4 is 28.5 Å². The van der Waals surface area contributed by atoms with Crippen LogP contribution in [-0.4, -0.2) is 18.4 Å². The number of anilines is 1. The average Bonchev–Trinajstić information content (AvgIpc) is 3.03. The van der Waals surface area contributed by atoms with Crippen LogP contribution < -0.4 is 10.6 Å². The molecule has 0 aliphatic carbocycles. The van der Waals surface area contributed by atoms with E-state index in [9.17, 15) is 9.59 Å². The van der Waals surface area contributed by atoms with Crippen molar-refractivity contribution in [1.29, 1.82) is 0 Å². The summed E-state index contributed by atoms with van der Waals surface area (Å²) in [7, 11) is 0. The number of carbonyl (C=O) groups excluding carboxylic acids is 2. The molecule has 5 nitrogen and oxygen atoms in total. The lowest BCUT2D eigenvalue weighted by atomic mass is 9.90. The Kier molecular flexibility index (Phi) is 3.98. The summed E-state index contributed by atoms with van der Waals surface area (Å²) in [5.74, 6) is 0.137. The summed E-state index contributed by atoms with van der Waals surface area (Å²) >= 11 is 0. The third-order valence-corrected chi connectivity index (χ3v) is 4.46. The molecule has 2 N–H and O–H groups in total. The zero-order chi connectivity index (χ0) is 17.2. The number of nitrogens with one attached hydrogen (secondary N) is 2. The Morgan fingerprint density at radius 1 is 1.16 bits per heavy atom.